The van der Waals surface area contributed by atoms with Crippen LogP contribution in [0.1, 0.15) is 18.9 Å². The molecule has 1 heterocycles. The summed E-state index contributed by atoms with van der Waals surface area (Å²) >= 11 is 0. The van der Waals surface area contributed by atoms with Crippen molar-refractivity contribution in [1.29, 1.82) is 0 Å². The van der Waals surface area contributed by atoms with Gasteiger partial charge in [0.05, 0.1) is 0 Å². The van der Waals surface area contributed by atoms with Gasteiger partial charge in [-0.3, -0.25) is 0 Å². The quantitative estimate of drug-likeness (QED) is 0.808. The van der Waals surface area contributed by atoms with E-state index in [4.69, 9.17) is 9.15 Å². The number of benzene rings is 1. The van der Waals surface area contributed by atoms with Crippen LogP contribution in [0.25, 0.3) is 11.0 Å². The van der Waals surface area contributed by atoms with Crippen molar-refractivity contribution in [1.82, 2.24) is 4.90 Å². The first kappa shape index (κ1) is 14.1. The first-order valence-corrected chi connectivity index (χ1v) is 6.47. The molecule has 5 heteroatoms. The number of amides is 1. The molecule has 1 aromatic carbocycles. The van der Waals surface area contributed by atoms with Gasteiger partial charge in [-0.1, -0.05) is 13.3 Å². The van der Waals surface area contributed by atoms with Crippen molar-refractivity contribution in [3.63, 3.8) is 0 Å². The van der Waals surface area contributed by atoms with Crippen molar-refractivity contribution in [2.75, 3.05) is 14.1 Å². The number of carbonyl (C=O) groups is 1. The Kier molecular flexibility index (Phi) is 4.08. The zero-order chi connectivity index (χ0) is 14.7. The molecule has 0 aliphatic heterocycles. The Bertz CT molecular complexity index is 688. The lowest BCUT2D eigenvalue weighted by Crippen LogP contribution is -2.25. The molecule has 0 atom stereocenters. The molecule has 20 heavy (non-hydrogen) atoms. The number of hydrogen-bond donors (Lipinski definition) is 0. The van der Waals surface area contributed by atoms with Gasteiger partial charge in [-0.25, -0.2) is 9.59 Å². The molecule has 1 aromatic heterocycles. The van der Waals surface area contributed by atoms with E-state index in [0.29, 0.717) is 11.3 Å². The summed E-state index contributed by atoms with van der Waals surface area (Å²) in [7, 11) is 3.20. The van der Waals surface area contributed by atoms with Crippen molar-refractivity contribution < 1.29 is 13.9 Å². The van der Waals surface area contributed by atoms with Crippen molar-refractivity contribution in [3.8, 4) is 5.75 Å². The highest BCUT2D eigenvalue weighted by Gasteiger charge is 2.10. The van der Waals surface area contributed by atoms with Gasteiger partial charge in [-0.15, -0.1) is 0 Å². The summed E-state index contributed by atoms with van der Waals surface area (Å²) in [5.41, 5.74) is 0.992. The monoisotopic (exact) mass is 275 g/mol. The normalized spacial score (nSPS) is 10.6. The second-order valence-corrected chi connectivity index (χ2v) is 4.76. The molecule has 2 aromatic rings. The van der Waals surface area contributed by atoms with Gasteiger partial charge in [0.1, 0.15) is 11.3 Å². The molecule has 0 radical (unpaired) electrons. The van der Waals surface area contributed by atoms with Gasteiger partial charge in [0.25, 0.3) is 0 Å². The third-order valence-electron chi connectivity index (χ3n) is 2.89. The second-order valence-electron chi connectivity index (χ2n) is 4.76. The fraction of sp³-hybridized carbons (Fsp3) is 0.333. The van der Waals surface area contributed by atoms with Gasteiger partial charge in [-0.2, -0.15) is 0 Å². The molecule has 0 saturated heterocycles. The van der Waals surface area contributed by atoms with Crippen LogP contribution in [0.4, 0.5) is 4.79 Å². The number of rotatable bonds is 3. The Balaban J connectivity index is 2.44. The molecule has 0 unspecified atom stereocenters. The molecule has 5 nitrogen and oxygen atoms in total. The molecule has 0 aliphatic rings. The molecule has 0 spiro atoms. The van der Waals surface area contributed by atoms with E-state index in [0.717, 1.165) is 23.8 Å². The van der Waals surface area contributed by atoms with Gasteiger partial charge >= 0.3 is 11.7 Å². The molecular formula is C15H17NO4. The molecule has 2 rings (SSSR count). The number of hydrogen-bond acceptors (Lipinski definition) is 4. The fourth-order valence-corrected chi connectivity index (χ4v) is 1.94. The van der Waals surface area contributed by atoms with E-state index in [1.807, 2.05) is 13.0 Å². The van der Waals surface area contributed by atoms with Gasteiger partial charge in [0.2, 0.25) is 0 Å². The maximum atomic E-state index is 11.5. The van der Waals surface area contributed by atoms with Gasteiger partial charge in [0.15, 0.2) is 0 Å². The largest absolute Gasteiger partial charge is 0.423 e. The van der Waals surface area contributed by atoms with E-state index in [1.165, 1.54) is 11.0 Å². The van der Waals surface area contributed by atoms with Crippen molar-refractivity contribution in [2.45, 2.75) is 19.8 Å². The van der Waals surface area contributed by atoms with Crippen LogP contribution in [0.15, 0.2) is 33.5 Å². The molecule has 0 fully saturated rings. The summed E-state index contributed by atoms with van der Waals surface area (Å²) in [4.78, 5) is 24.4. The average Bonchev–Trinajstić information content (AvgIpc) is 2.38. The number of nitrogens with zero attached hydrogens (tertiary/aromatic N) is 1. The van der Waals surface area contributed by atoms with Crippen LogP contribution in [0.2, 0.25) is 0 Å². The molecule has 0 aliphatic carbocycles. The average molecular weight is 275 g/mol. The van der Waals surface area contributed by atoms with Crippen LogP contribution in [-0.4, -0.2) is 25.1 Å². The topological polar surface area (TPSA) is 59.8 Å². The first-order chi connectivity index (χ1) is 9.51. The molecule has 0 N–H and O–H groups in total. The lowest BCUT2D eigenvalue weighted by atomic mass is 10.1. The highest BCUT2D eigenvalue weighted by molar-refractivity contribution is 5.82. The van der Waals surface area contributed by atoms with Gasteiger partial charge in [0, 0.05) is 31.6 Å². The first-order valence-electron chi connectivity index (χ1n) is 6.47. The number of fused-ring (bicyclic) bond motifs is 1. The lowest BCUT2D eigenvalue weighted by Gasteiger charge is -2.11. The molecular weight excluding hydrogens is 258 g/mol. The van der Waals surface area contributed by atoms with E-state index >= 15 is 0 Å². The number of ether oxygens (including phenoxy) is 1. The predicted octanol–water partition coefficient (Wildman–Crippen LogP) is 2.81. The van der Waals surface area contributed by atoms with E-state index in [2.05, 4.69) is 0 Å². The van der Waals surface area contributed by atoms with Crippen molar-refractivity contribution in [3.05, 3.63) is 40.2 Å². The SMILES string of the molecule is CCCc1cc(=O)oc2cc(OC(=O)N(C)C)ccc12. The number of carbonyl (C=O) groups excluding carboxylic acids is 1. The van der Waals surface area contributed by atoms with E-state index in [-0.39, 0.29) is 0 Å². The standard InChI is InChI=1S/C15H17NO4/c1-4-5-10-8-14(17)20-13-9-11(6-7-12(10)13)19-15(18)16(2)3/h6-9H,4-5H2,1-3H3. The van der Waals surface area contributed by atoms with E-state index < -0.39 is 11.7 Å². The van der Waals surface area contributed by atoms with Crippen molar-refractivity contribution in [2.24, 2.45) is 0 Å². The fourth-order valence-electron chi connectivity index (χ4n) is 1.94. The Labute approximate surface area is 116 Å². The van der Waals surface area contributed by atoms with Gasteiger partial charge < -0.3 is 14.1 Å². The Morgan fingerprint density at radius 2 is 2.05 bits per heavy atom. The van der Waals surface area contributed by atoms with Crippen LogP contribution in [0.3, 0.4) is 0 Å². The summed E-state index contributed by atoms with van der Waals surface area (Å²) in [6, 6.07) is 6.58. The third-order valence-corrected chi connectivity index (χ3v) is 2.89. The molecule has 0 bridgehead atoms. The maximum absolute atomic E-state index is 11.5. The Morgan fingerprint density at radius 3 is 2.70 bits per heavy atom. The summed E-state index contributed by atoms with van der Waals surface area (Å²) in [6.45, 7) is 2.05. The van der Waals surface area contributed by atoms with E-state index in [9.17, 15) is 9.59 Å². The summed E-state index contributed by atoms with van der Waals surface area (Å²) in [6.07, 6.45) is 1.27. The third kappa shape index (κ3) is 2.99. The maximum Gasteiger partial charge on any atom is 0.414 e. The molecule has 106 valence electrons. The highest BCUT2D eigenvalue weighted by atomic mass is 16.6. The van der Waals surface area contributed by atoms with Gasteiger partial charge in [-0.05, 0) is 24.1 Å². The minimum atomic E-state index is -0.476. The Morgan fingerprint density at radius 1 is 1.30 bits per heavy atom. The highest BCUT2D eigenvalue weighted by Crippen LogP contribution is 2.23. The summed E-state index contributed by atoms with van der Waals surface area (Å²) < 4.78 is 10.3. The van der Waals surface area contributed by atoms with E-state index in [1.54, 1.807) is 26.2 Å². The lowest BCUT2D eigenvalue weighted by molar-refractivity contribution is 0.172. The van der Waals surface area contributed by atoms with Crippen LogP contribution in [-0.2, 0) is 6.42 Å². The van der Waals surface area contributed by atoms with Crippen LogP contribution >= 0.6 is 0 Å². The second kappa shape index (κ2) is 5.77. The summed E-state index contributed by atoms with van der Waals surface area (Å²) in [5.74, 6) is 0.355. The molecule has 0 saturated carbocycles. The van der Waals surface area contributed by atoms with Crippen LogP contribution < -0.4 is 10.4 Å². The van der Waals surface area contributed by atoms with Crippen molar-refractivity contribution >= 4 is 17.1 Å². The molecule has 1 amide bonds. The smallest absolute Gasteiger partial charge is 0.414 e. The summed E-state index contributed by atoms with van der Waals surface area (Å²) in [5, 5.41) is 0.871. The Hall–Kier alpha value is -2.30. The minimum absolute atomic E-state index is 0.355. The predicted molar refractivity (Wildman–Crippen MR) is 76.2 cm³/mol. The minimum Gasteiger partial charge on any atom is -0.423 e. The van der Waals surface area contributed by atoms with Crippen LogP contribution in [0.5, 0.6) is 5.75 Å². The number of aryl methyl sites for hydroxylation is 1. The zero-order valence-electron chi connectivity index (χ0n) is 11.8. The zero-order valence-corrected chi connectivity index (χ0v) is 11.8. The van der Waals surface area contributed by atoms with Crippen LogP contribution in [0, 0.1) is 0 Å².